The number of fused-ring (bicyclic) bond motifs is 1. The Morgan fingerprint density at radius 2 is 1.67 bits per heavy atom. The molecule has 33 heavy (non-hydrogen) atoms. The molecular weight excluding hydrogens is 412 g/mol. The molecule has 1 heterocycles. The van der Waals surface area contributed by atoms with Crippen LogP contribution in [-0.4, -0.2) is 64.3 Å². The number of carbonyl (C=O) groups is 1. The van der Waals surface area contributed by atoms with E-state index < -0.39 is 0 Å². The molecule has 1 aliphatic heterocycles. The lowest BCUT2D eigenvalue weighted by molar-refractivity contribution is -0.910. The van der Waals surface area contributed by atoms with Crippen LogP contribution in [-0.2, 0) is 6.42 Å². The van der Waals surface area contributed by atoms with Gasteiger partial charge in [0.15, 0.2) is 17.3 Å². The number of Topliss-reactive ketones (excluding diaryl/α,β-unsaturated/α-hetero) is 1. The molecule has 5 nitrogen and oxygen atoms in total. The molecule has 2 aromatic rings. The first-order valence-corrected chi connectivity index (χ1v) is 12.1. The van der Waals surface area contributed by atoms with Crippen molar-refractivity contribution in [1.29, 1.82) is 0 Å². The van der Waals surface area contributed by atoms with Gasteiger partial charge in [-0.25, -0.2) is 0 Å². The summed E-state index contributed by atoms with van der Waals surface area (Å²) in [5, 5.41) is 0. The van der Waals surface area contributed by atoms with Crippen LogP contribution in [0.5, 0.6) is 11.5 Å². The molecule has 176 valence electrons. The van der Waals surface area contributed by atoms with Crippen LogP contribution in [0.2, 0.25) is 0 Å². The number of methoxy groups -OCH3 is 2. The second-order valence-electron chi connectivity index (χ2n) is 9.62. The standard InChI is InChI=1S/C28H37N2O3/c1-5-6-7-14-30(2)15-12-29(13-16-30)24-10-8-21(9-11-24)17-23-18-22-19-26(32-3)27(33-4)20-25(22)28(23)31/h8-11,17,19-20H,5-7,12-16,18H2,1-4H3/q+1/b23-17+. The van der Waals surface area contributed by atoms with E-state index in [4.69, 9.17) is 9.47 Å². The molecule has 0 spiro atoms. The highest BCUT2D eigenvalue weighted by atomic mass is 16.5. The zero-order chi connectivity index (χ0) is 23.4. The number of ether oxygens (including phenoxy) is 2. The zero-order valence-electron chi connectivity index (χ0n) is 20.5. The minimum Gasteiger partial charge on any atom is -0.493 e. The SMILES string of the molecule is CCCCC[N+]1(C)CCN(c2ccc(/C=C3\Cc4cc(OC)c(OC)cc4C3=O)cc2)CC1. The molecule has 1 aliphatic carbocycles. The van der Waals surface area contributed by atoms with Gasteiger partial charge in [0.25, 0.3) is 0 Å². The zero-order valence-corrected chi connectivity index (χ0v) is 20.5. The normalized spacial score (nSPS) is 18.5. The molecule has 0 amide bonds. The maximum absolute atomic E-state index is 13.0. The second kappa shape index (κ2) is 10.0. The van der Waals surface area contributed by atoms with Gasteiger partial charge in [-0.2, -0.15) is 0 Å². The van der Waals surface area contributed by atoms with Crippen molar-refractivity contribution in [2.75, 3.05) is 58.9 Å². The Kier molecular flexibility index (Phi) is 7.08. The minimum atomic E-state index is 0.0752. The highest BCUT2D eigenvalue weighted by Gasteiger charge is 2.29. The molecule has 2 aromatic carbocycles. The Balaban J connectivity index is 1.41. The number of rotatable bonds is 8. The molecule has 0 atom stereocenters. The molecule has 0 saturated carbocycles. The summed E-state index contributed by atoms with van der Waals surface area (Å²) in [6.07, 6.45) is 6.59. The molecule has 4 rings (SSSR count). The van der Waals surface area contributed by atoms with Gasteiger partial charge in [0.05, 0.1) is 54.0 Å². The number of benzene rings is 2. The van der Waals surface area contributed by atoms with E-state index in [9.17, 15) is 4.79 Å². The molecule has 5 heteroatoms. The van der Waals surface area contributed by atoms with Crippen LogP contribution in [0.25, 0.3) is 6.08 Å². The number of piperazine rings is 1. The molecular formula is C28H37N2O3+. The first-order chi connectivity index (χ1) is 16.0. The van der Waals surface area contributed by atoms with Crippen molar-refractivity contribution in [1.82, 2.24) is 0 Å². The predicted octanol–water partition coefficient (Wildman–Crippen LogP) is 4.98. The molecule has 1 fully saturated rings. The lowest BCUT2D eigenvalue weighted by Gasteiger charge is -2.43. The summed E-state index contributed by atoms with van der Waals surface area (Å²) in [6.45, 7) is 8.17. The maximum atomic E-state index is 13.0. The summed E-state index contributed by atoms with van der Waals surface area (Å²) in [5.41, 5.74) is 4.85. The number of ketones is 1. The summed E-state index contributed by atoms with van der Waals surface area (Å²) < 4.78 is 12.0. The minimum absolute atomic E-state index is 0.0752. The average molecular weight is 450 g/mol. The number of hydrogen-bond donors (Lipinski definition) is 0. The van der Waals surface area contributed by atoms with Crippen molar-refractivity contribution in [2.24, 2.45) is 0 Å². The third-order valence-corrected chi connectivity index (χ3v) is 7.25. The van der Waals surface area contributed by atoms with E-state index in [1.54, 1.807) is 20.3 Å². The molecule has 0 bridgehead atoms. The van der Waals surface area contributed by atoms with Crippen molar-refractivity contribution in [3.05, 3.63) is 58.7 Å². The van der Waals surface area contributed by atoms with Crippen LogP contribution in [0.1, 0.15) is 47.7 Å². The number of anilines is 1. The Morgan fingerprint density at radius 3 is 2.30 bits per heavy atom. The molecule has 0 aromatic heterocycles. The highest BCUT2D eigenvalue weighted by molar-refractivity contribution is 6.15. The lowest BCUT2D eigenvalue weighted by atomic mass is 10.1. The van der Waals surface area contributed by atoms with Gasteiger partial charge in [-0.05, 0) is 54.3 Å². The third kappa shape index (κ3) is 5.09. The fraction of sp³-hybridized carbons (Fsp3) is 0.464. The predicted molar refractivity (Wildman–Crippen MR) is 135 cm³/mol. The van der Waals surface area contributed by atoms with E-state index in [2.05, 4.69) is 43.1 Å². The number of unbranched alkanes of at least 4 members (excludes halogenated alkanes) is 2. The second-order valence-corrected chi connectivity index (χ2v) is 9.62. The lowest BCUT2D eigenvalue weighted by Crippen LogP contribution is -2.57. The number of quaternary nitrogens is 1. The van der Waals surface area contributed by atoms with E-state index in [0.29, 0.717) is 23.5 Å². The Morgan fingerprint density at radius 1 is 1.00 bits per heavy atom. The number of nitrogens with zero attached hydrogens (tertiary/aromatic N) is 2. The van der Waals surface area contributed by atoms with Crippen LogP contribution in [0.4, 0.5) is 5.69 Å². The first kappa shape index (κ1) is 23.4. The van der Waals surface area contributed by atoms with Gasteiger partial charge in [0.1, 0.15) is 0 Å². The van der Waals surface area contributed by atoms with E-state index in [-0.39, 0.29) is 5.78 Å². The monoisotopic (exact) mass is 449 g/mol. The number of allylic oxidation sites excluding steroid dienone is 1. The number of hydrogen-bond acceptors (Lipinski definition) is 4. The largest absolute Gasteiger partial charge is 0.493 e. The van der Waals surface area contributed by atoms with Crippen molar-refractivity contribution in [3.8, 4) is 11.5 Å². The fourth-order valence-electron chi connectivity index (χ4n) is 5.01. The average Bonchev–Trinajstić information content (AvgIpc) is 3.13. The number of carbonyl (C=O) groups excluding carboxylic acids is 1. The molecule has 2 aliphatic rings. The van der Waals surface area contributed by atoms with Gasteiger partial charge < -0.3 is 18.9 Å². The molecule has 0 N–H and O–H groups in total. The summed E-state index contributed by atoms with van der Waals surface area (Å²) in [7, 11) is 5.62. The van der Waals surface area contributed by atoms with Gasteiger partial charge in [-0.1, -0.05) is 25.5 Å². The Bertz CT molecular complexity index is 1020. The summed E-state index contributed by atoms with van der Waals surface area (Å²) in [5.74, 6) is 1.33. The van der Waals surface area contributed by atoms with E-state index >= 15 is 0 Å². The summed E-state index contributed by atoms with van der Waals surface area (Å²) >= 11 is 0. The Labute approximate surface area is 198 Å². The van der Waals surface area contributed by atoms with Gasteiger partial charge in [0, 0.05) is 23.2 Å². The molecule has 1 saturated heterocycles. The van der Waals surface area contributed by atoms with E-state index in [1.165, 1.54) is 49.1 Å². The molecule has 0 radical (unpaired) electrons. The van der Waals surface area contributed by atoms with Crippen molar-refractivity contribution in [2.45, 2.75) is 32.6 Å². The van der Waals surface area contributed by atoms with Crippen LogP contribution in [0.3, 0.4) is 0 Å². The van der Waals surface area contributed by atoms with Gasteiger partial charge >= 0.3 is 0 Å². The first-order valence-electron chi connectivity index (χ1n) is 12.1. The van der Waals surface area contributed by atoms with Crippen molar-refractivity contribution >= 4 is 17.5 Å². The van der Waals surface area contributed by atoms with E-state index in [1.807, 2.05) is 12.1 Å². The van der Waals surface area contributed by atoms with Crippen molar-refractivity contribution in [3.63, 3.8) is 0 Å². The van der Waals surface area contributed by atoms with Crippen LogP contribution in [0, 0.1) is 0 Å². The van der Waals surface area contributed by atoms with Crippen molar-refractivity contribution < 1.29 is 18.8 Å². The summed E-state index contributed by atoms with van der Waals surface area (Å²) in [6, 6.07) is 12.4. The fourth-order valence-corrected chi connectivity index (χ4v) is 5.01. The topological polar surface area (TPSA) is 38.8 Å². The Hall–Kier alpha value is -2.79. The van der Waals surface area contributed by atoms with Gasteiger partial charge in [-0.15, -0.1) is 0 Å². The highest BCUT2D eigenvalue weighted by Crippen LogP contribution is 2.37. The van der Waals surface area contributed by atoms with Crippen LogP contribution < -0.4 is 14.4 Å². The van der Waals surface area contributed by atoms with Crippen LogP contribution in [0.15, 0.2) is 42.0 Å². The molecule has 0 unspecified atom stereocenters. The van der Waals surface area contributed by atoms with Crippen LogP contribution >= 0.6 is 0 Å². The van der Waals surface area contributed by atoms with E-state index in [0.717, 1.165) is 29.8 Å². The maximum Gasteiger partial charge on any atom is 0.189 e. The van der Waals surface area contributed by atoms with Gasteiger partial charge in [-0.3, -0.25) is 4.79 Å². The third-order valence-electron chi connectivity index (χ3n) is 7.25. The smallest absolute Gasteiger partial charge is 0.189 e. The summed E-state index contributed by atoms with van der Waals surface area (Å²) in [4.78, 5) is 15.5. The quantitative estimate of drug-likeness (QED) is 0.324. The number of likely N-dealkylation sites (N-methyl/N-ethyl adjacent to an activating group) is 1. The van der Waals surface area contributed by atoms with Gasteiger partial charge in [0.2, 0.25) is 0 Å².